The minimum absolute atomic E-state index is 0.268. The molecule has 0 fully saturated rings. The lowest BCUT2D eigenvalue weighted by atomic mass is 10.1. The van der Waals surface area contributed by atoms with Crippen molar-refractivity contribution in [3.63, 3.8) is 0 Å². The Morgan fingerprint density at radius 3 is 2.80 bits per heavy atom. The van der Waals surface area contributed by atoms with E-state index in [1.54, 1.807) is 23.9 Å². The standard InChI is InChI=1S/C10H10FN3S/c1-15-9-3-2-6(11)4-7(9)8-5-10(12)14-13-8/h2-5H,1H3,(H3,12,13,14). The molecule has 3 nitrogen and oxygen atoms in total. The molecular weight excluding hydrogens is 213 g/mol. The van der Waals surface area contributed by atoms with Crippen LogP contribution in [0.25, 0.3) is 11.3 Å². The quantitative estimate of drug-likeness (QED) is 0.769. The van der Waals surface area contributed by atoms with E-state index >= 15 is 0 Å². The molecule has 0 amide bonds. The van der Waals surface area contributed by atoms with Crippen LogP contribution in [-0.4, -0.2) is 16.5 Å². The molecule has 0 bridgehead atoms. The molecule has 1 aromatic carbocycles. The minimum atomic E-state index is -0.268. The van der Waals surface area contributed by atoms with Gasteiger partial charge in [-0.25, -0.2) is 4.39 Å². The fourth-order valence-electron chi connectivity index (χ4n) is 1.37. The Labute approximate surface area is 90.9 Å². The fourth-order valence-corrected chi connectivity index (χ4v) is 1.96. The van der Waals surface area contributed by atoms with Gasteiger partial charge in [0.15, 0.2) is 0 Å². The summed E-state index contributed by atoms with van der Waals surface area (Å²) in [6.07, 6.45) is 1.94. The fraction of sp³-hybridized carbons (Fsp3) is 0.100. The molecule has 0 unspecified atom stereocenters. The summed E-state index contributed by atoms with van der Waals surface area (Å²) in [5.41, 5.74) is 7.02. The lowest BCUT2D eigenvalue weighted by Crippen LogP contribution is -1.84. The Kier molecular flexibility index (Phi) is 2.64. The van der Waals surface area contributed by atoms with Gasteiger partial charge in [-0.3, -0.25) is 5.10 Å². The highest BCUT2D eigenvalue weighted by atomic mass is 32.2. The SMILES string of the molecule is CSc1ccc(F)cc1-c1cc(N)n[nH]1. The van der Waals surface area contributed by atoms with Gasteiger partial charge in [-0.15, -0.1) is 11.8 Å². The van der Waals surface area contributed by atoms with Crippen molar-refractivity contribution < 1.29 is 4.39 Å². The normalized spacial score (nSPS) is 10.5. The number of thioether (sulfide) groups is 1. The van der Waals surface area contributed by atoms with Gasteiger partial charge in [0.2, 0.25) is 0 Å². The molecule has 0 spiro atoms. The average molecular weight is 223 g/mol. The van der Waals surface area contributed by atoms with E-state index < -0.39 is 0 Å². The number of nitrogens with zero attached hydrogens (tertiary/aromatic N) is 1. The predicted octanol–water partition coefficient (Wildman–Crippen LogP) is 2.52. The minimum Gasteiger partial charge on any atom is -0.382 e. The lowest BCUT2D eigenvalue weighted by Gasteiger charge is -2.04. The molecule has 0 aliphatic heterocycles. The van der Waals surface area contributed by atoms with Gasteiger partial charge in [0.05, 0.1) is 5.69 Å². The number of H-pyrrole nitrogens is 1. The van der Waals surface area contributed by atoms with Crippen molar-refractivity contribution in [2.45, 2.75) is 4.90 Å². The number of aromatic nitrogens is 2. The van der Waals surface area contributed by atoms with Crippen molar-refractivity contribution in [2.75, 3.05) is 12.0 Å². The summed E-state index contributed by atoms with van der Waals surface area (Å²) in [5, 5.41) is 6.59. The van der Waals surface area contributed by atoms with Crippen LogP contribution in [0.2, 0.25) is 0 Å². The van der Waals surface area contributed by atoms with Crippen LogP contribution in [0, 0.1) is 5.82 Å². The number of aromatic amines is 1. The van der Waals surface area contributed by atoms with Gasteiger partial charge < -0.3 is 5.73 Å². The Bertz CT molecular complexity index is 481. The Morgan fingerprint density at radius 2 is 2.20 bits per heavy atom. The van der Waals surface area contributed by atoms with Gasteiger partial charge in [-0.2, -0.15) is 5.10 Å². The summed E-state index contributed by atoms with van der Waals surface area (Å²) < 4.78 is 13.1. The summed E-state index contributed by atoms with van der Waals surface area (Å²) in [6, 6.07) is 6.34. The van der Waals surface area contributed by atoms with E-state index in [4.69, 9.17) is 5.73 Å². The molecule has 5 heteroatoms. The van der Waals surface area contributed by atoms with E-state index in [1.165, 1.54) is 12.1 Å². The summed E-state index contributed by atoms with van der Waals surface area (Å²) >= 11 is 1.55. The van der Waals surface area contributed by atoms with E-state index in [2.05, 4.69) is 10.2 Å². The molecule has 1 heterocycles. The molecule has 3 N–H and O–H groups in total. The summed E-state index contributed by atoms with van der Waals surface area (Å²) in [5.74, 6) is 0.136. The molecule has 2 rings (SSSR count). The zero-order chi connectivity index (χ0) is 10.8. The first-order valence-electron chi connectivity index (χ1n) is 4.35. The van der Waals surface area contributed by atoms with Crippen LogP contribution in [0.1, 0.15) is 0 Å². The molecule has 1 aromatic heterocycles. The molecular formula is C10H10FN3S. The van der Waals surface area contributed by atoms with E-state index in [1.807, 2.05) is 6.26 Å². The highest BCUT2D eigenvalue weighted by molar-refractivity contribution is 7.98. The monoisotopic (exact) mass is 223 g/mol. The van der Waals surface area contributed by atoms with Crippen molar-refractivity contribution in [2.24, 2.45) is 0 Å². The number of hydrogen-bond donors (Lipinski definition) is 2. The first-order valence-corrected chi connectivity index (χ1v) is 5.58. The molecule has 0 atom stereocenters. The van der Waals surface area contributed by atoms with Crippen LogP contribution in [-0.2, 0) is 0 Å². The molecule has 0 aliphatic carbocycles. The highest BCUT2D eigenvalue weighted by Gasteiger charge is 2.08. The number of nitrogen functional groups attached to an aromatic ring is 1. The molecule has 0 radical (unpaired) electrons. The number of anilines is 1. The van der Waals surface area contributed by atoms with Gasteiger partial charge in [0, 0.05) is 16.5 Å². The number of hydrogen-bond acceptors (Lipinski definition) is 3. The second-order valence-electron chi connectivity index (χ2n) is 3.05. The van der Waals surface area contributed by atoms with Gasteiger partial charge in [0.25, 0.3) is 0 Å². The third-order valence-corrected chi connectivity index (χ3v) is 2.85. The maximum absolute atomic E-state index is 13.1. The van der Waals surface area contributed by atoms with E-state index in [-0.39, 0.29) is 5.82 Å². The number of nitrogens with two attached hydrogens (primary N) is 1. The van der Waals surface area contributed by atoms with E-state index in [0.717, 1.165) is 16.2 Å². The number of benzene rings is 1. The second kappa shape index (κ2) is 3.94. The van der Waals surface area contributed by atoms with Crippen molar-refractivity contribution >= 4 is 17.6 Å². The van der Waals surface area contributed by atoms with Crippen LogP contribution >= 0.6 is 11.8 Å². The molecule has 0 saturated heterocycles. The maximum Gasteiger partial charge on any atom is 0.145 e. The van der Waals surface area contributed by atoms with Crippen LogP contribution < -0.4 is 5.73 Å². The summed E-state index contributed by atoms with van der Waals surface area (Å²) in [7, 11) is 0. The first-order chi connectivity index (χ1) is 7.20. The first kappa shape index (κ1) is 10.0. The Balaban J connectivity index is 2.55. The Morgan fingerprint density at radius 1 is 1.40 bits per heavy atom. The van der Waals surface area contributed by atoms with Crippen LogP contribution in [0.5, 0.6) is 0 Å². The largest absolute Gasteiger partial charge is 0.382 e. The van der Waals surface area contributed by atoms with E-state index in [9.17, 15) is 4.39 Å². The van der Waals surface area contributed by atoms with Crippen molar-refractivity contribution in [3.05, 3.63) is 30.1 Å². The topological polar surface area (TPSA) is 54.7 Å². The predicted molar refractivity (Wildman–Crippen MR) is 60.2 cm³/mol. The third kappa shape index (κ3) is 1.97. The third-order valence-electron chi connectivity index (χ3n) is 2.05. The van der Waals surface area contributed by atoms with Gasteiger partial charge in [0.1, 0.15) is 11.6 Å². The smallest absolute Gasteiger partial charge is 0.145 e. The Hall–Kier alpha value is -1.49. The molecule has 78 valence electrons. The molecule has 0 saturated carbocycles. The van der Waals surface area contributed by atoms with Gasteiger partial charge in [-0.1, -0.05) is 0 Å². The average Bonchev–Trinajstić information content (AvgIpc) is 2.65. The summed E-state index contributed by atoms with van der Waals surface area (Å²) in [6.45, 7) is 0. The van der Waals surface area contributed by atoms with Crippen LogP contribution in [0.4, 0.5) is 10.2 Å². The zero-order valence-corrected chi connectivity index (χ0v) is 8.94. The van der Waals surface area contributed by atoms with Crippen molar-refractivity contribution in [1.82, 2.24) is 10.2 Å². The van der Waals surface area contributed by atoms with Gasteiger partial charge in [-0.05, 0) is 24.5 Å². The van der Waals surface area contributed by atoms with Crippen molar-refractivity contribution in [3.8, 4) is 11.3 Å². The zero-order valence-electron chi connectivity index (χ0n) is 8.12. The summed E-state index contributed by atoms with van der Waals surface area (Å²) in [4.78, 5) is 0.986. The lowest BCUT2D eigenvalue weighted by molar-refractivity contribution is 0.627. The number of halogens is 1. The molecule has 15 heavy (non-hydrogen) atoms. The van der Waals surface area contributed by atoms with Crippen LogP contribution in [0.15, 0.2) is 29.2 Å². The van der Waals surface area contributed by atoms with Gasteiger partial charge >= 0.3 is 0 Å². The second-order valence-corrected chi connectivity index (χ2v) is 3.90. The highest BCUT2D eigenvalue weighted by Crippen LogP contribution is 2.30. The number of nitrogens with one attached hydrogen (secondary N) is 1. The molecule has 0 aliphatic rings. The van der Waals surface area contributed by atoms with Crippen molar-refractivity contribution in [1.29, 1.82) is 0 Å². The maximum atomic E-state index is 13.1. The molecule has 2 aromatic rings. The number of rotatable bonds is 2. The van der Waals surface area contributed by atoms with Crippen LogP contribution in [0.3, 0.4) is 0 Å². The van der Waals surface area contributed by atoms with E-state index in [0.29, 0.717) is 5.82 Å².